The first-order valence-corrected chi connectivity index (χ1v) is 5.01. The third kappa shape index (κ3) is 4.52. The van der Waals surface area contributed by atoms with Crippen molar-refractivity contribution in [3.8, 4) is 5.75 Å². The summed E-state index contributed by atoms with van der Waals surface area (Å²) in [5, 5.41) is 7.34. The van der Waals surface area contributed by atoms with E-state index in [1.54, 1.807) is 0 Å². The van der Waals surface area contributed by atoms with E-state index < -0.39 is 19.2 Å². The maximum Gasteiger partial charge on any atom is 0.392 e. The highest BCUT2D eigenvalue weighted by molar-refractivity contribution is 6.34. The van der Waals surface area contributed by atoms with Gasteiger partial charge in [0.1, 0.15) is 11.6 Å². The minimum atomic E-state index is -4.25. The van der Waals surface area contributed by atoms with Gasteiger partial charge in [-0.1, -0.05) is 11.6 Å². The fraction of sp³-hybridized carbons (Fsp3) is 0.300. The minimum absolute atomic E-state index is 0.169. The average Bonchev–Trinajstić information content (AvgIpc) is 2.15. The monoisotopic (exact) mass is 266 g/mol. The maximum atomic E-state index is 11.9. The molecule has 0 amide bonds. The lowest BCUT2D eigenvalue weighted by atomic mass is 10.2. The number of amidine groups is 1. The zero-order valence-corrected chi connectivity index (χ0v) is 9.40. The molecule has 0 heterocycles. The van der Waals surface area contributed by atoms with E-state index in [4.69, 9.17) is 27.5 Å². The summed E-state index contributed by atoms with van der Waals surface area (Å²) in [6.45, 7) is -0.473. The van der Waals surface area contributed by atoms with Crippen molar-refractivity contribution in [2.45, 2.75) is 12.6 Å². The number of nitrogens with two attached hydrogens (primary N) is 1. The van der Waals surface area contributed by atoms with Crippen LogP contribution in [0.25, 0.3) is 0 Å². The van der Waals surface area contributed by atoms with Crippen molar-refractivity contribution < 1.29 is 17.9 Å². The summed E-state index contributed by atoms with van der Waals surface area (Å²) >= 11 is 5.77. The van der Waals surface area contributed by atoms with Gasteiger partial charge in [-0.2, -0.15) is 13.2 Å². The molecule has 0 unspecified atom stereocenters. The van der Waals surface area contributed by atoms with Gasteiger partial charge in [-0.3, -0.25) is 5.41 Å². The first-order valence-electron chi connectivity index (χ1n) is 4.63. The van der Waals surface area contributed by atoms with Gasteiger partial charge < -0.3 is 10.5 Å². The Morgan fingerprint density at radius 2 is 2.06 bits per heavy atom. The molecule has 1 aromatic carbocycles. The fourth-order valence-corrected chi connectivity index (χ4v) is 1.36. The maximum absolute atomic E-state index is 11.9. The Morgan fingerprint density at radius 3 is 2.53 bits per heavy atom. The molecule has 0 atom stereocenters. The van der Waals surface area contributed by atoms with Crippen LogP contribution in [-0.4, -0.2) is 18.6 Å². The molecule has 3 N–H and O–H groups in total. The molecule has 7 heteroatoms. The molecule has 0 radical (unpaired) electrons. The number of alkyl halides is 3. The Balaban J connectivity index is 2.62. The lowest BCUT2D eigenvalue weighted by Gasteiger charge is -2.10. The number of benzene rings is 1. The molecule has 0 fully saturated rings. The quantitative estimate of drug-likeness (QED) is 0.650. The van der Waals surface area contributed by atoms with E-state index >= 15 is 0 Å². The Bertz CT molecular complexity index is 421. The first kappa shape index (κ1) is 13.6. The molecule has 0 saturated heterocycles. The second-order valence-corrected chi connectivity index (χ2v) is 3.68. The van der Waals surface area contributed by atoms with Gasteiger partial charge in [0.2, 0.25) is 0 Å². The largest absolute Gasteiger partial charge is 0.493 e. The molecule has 0 saturated carbocycles. The summed E-state index contributed by atoms with van der Waals surface area (Å²) in [5.74, 6) is 0.00101. The molecule has 94 valence electrons. The van der Waals surface area contributed by atoms with Crippen LogP contribution in [0.1, 0.15) is 12.0 Å². The summed E-state index contributed by atoms with van der Waals surface area (Å²) in [6, 6.07) is 4.17. The van der Waals surface area contributed by atoms with Gasteiger partial charge in [-0.05, 0) is 18.2 Å². The SMILES string of the molecule is N=C(N)c1ccc(OCCC(F)(F)F)cc1Cl. The Kier molecular flexibility index (Phi) is 4.22. The fourth-order valence-electron chi connectivity index (χ4n) is 1.09. The van der Waals surface area contributed by atoms with Crippen molar-refractivity contribution in [1.29, 1.82) is 5.41 Å². The highest BCUT2D eigenvalue weighted by Gasteiger charge is 2.26. The Labute approximate surface area is 101 Å². The van der Waals surface area contributed by atoms with E-state index in [-0.39, 0.29) is 16.6 Å². The average molecular weight is 267 g/mol. The first-order chi connectivity index (χ1) is 7.79. The highest BCUT2D eigenvalue weighted by atomic mass is 35.5. The molecular weight excluding hydrogens is 257 g/mol. The molecule has 1 aromatic rings. The number of hydrogen-bond donors (Lipinski definition) is 2. The number of rotatable bonds is 4. The van der Waals surface area contributed by atoms with E-state index in [0.29, 0.717) is 5.56 Å². The molecule has 1 rings (SSSR count). The number of nitrogen functional groups attached to an aromatic ring is 1. The highest BCUT2D eigenvalue weighted by Crippen LogP contribution is 2.24. The van der Waals surface area contributed by atoms with Crippen molar-refractivity contribution in [2.75, 3.05) is 6.61 Å². The van der Waals surface area contributed by atoms with Gasteiger partial charge in [0, 0.05) is 5.56 Å². The second-order valence-electron chi connectivity index (χ2n) is 3.27. The van der Waals surface area contributed by atoms with Crippen LogP contribution in [0, 0.1) is 5.41 Å². The number of nitrogens with one attached hydrogen (secondary N) is 1. The molecule has 17 heavy (non-hydrogen) atoms. The number of ether oxygens (including phenoxy) is 1. The van der Waals surface area contributed by atoms with Gasteiger partial charge in [0.05, 0.1) is 18.1 Å². The zero-order valence-electron chi connectivity index (χ0n) is 8.64. The number of hydrogen-bond acceptors (Lipinski definition) is 2. The summed E-state index contributed by atoms with van der Waals surface area (Å²) in [6.07, 6.45) is -5.28. The van der Waals surface area contributed by atoms with Crippen LogP contribution in [0.15, 0.2) is 18.2 Å². The zero-order chi connectivity index (χ0) is 13.1. The van der Waals surface area contributed by atoms with E-state index in [1.807, 2.05) is 0 Å². The lowest BCUT2D eigenvalue weighted by Crippen LogP contribution is -2.13. The third-order valence-electron chi connectivity index (χ3n) is 1.88. The van der Waals surface area contributed by atoms with Crippen molar-refractivity contribution in [2.24, 2.45) is 5.73 Å². The van der Waals surface area contributed by atoms with Gasteiger partial charge in [0.25, 0.3) is 0 Å². The summed E-state index contributed by atoms with van der Waals surface area (Å²) < 4.78 is 40.5. The van der Waals surface area contributed by atoms with Gasteiger partial charge >= 0.3 is 6.18 Å². The molecule has 0 aliphatic rings. The Hall–Kier alpha value is -1.43. The summed E-state index contributed by atoms with van der Waals surface area (Å²) in [4.78, 5) is 0. The summed E-state index contributed by atoms with van der Waals surface area (Å²) in [5.41, 5.74) is 5.55. The molecule has 0 aliphatic heterocycles. The molecule has 0 aliphatic carbocycles. The van der Waals surface area contributed by atoms with Crippen LogP contribution in [0.2, 0.25) is 5.02 Å². The van der Waals surface area contributed by atoms with E-state index in [2.05, 4.69) is 0 Å². The lowest BCUT2D eigenvalue weighted by molar-refractivity contribution is -0.139. The van der Waals surface area contributed by atoms with Crippen LogP contribution in [0.5, 0.6) is 5.75 Å². The molecule has 0 spiro atoms. The van der Waals surface area contributed by atoms with Crippen molar-refractivity contribution in [1.82, 2.24) is 0 Å². The van der Waals surface area contributed by atoms with Crippen molar-refractivity contribution in [3.63, 3.8) is 0 Å². The Morgan fingerprint density at radius 1 is 1.41 bits per heavy atom. The van der Waals surface area contributed by atoms with Crippen molar-refractivity contribution >= 4 is 17.4 Å². The smallest absolute Gasteiger partial charge is 0.392 e. The van der Waals surface area contributed by atoms with Gasteiger partial charge in [-0.25, -0.2) is 0 Å². The topological polar surface area (TPSA) is 59.1 Å². The van der Waals surface area contributed by atoms with Crippen LogP contribution >= 0.6 is 11.6 Å². The van der Waals surface area contributed by atoms with Crippen LogP contribution in [0.3, 0.4) is 0 Å². The third-order valence-corrected chi connectivity index (χ3v) is 2.20. The van der Waals surface area contributed by atoms with E-state index in [0.717, 1.165) is 0 Å². The van der Waals surface area contributed by atoms with Crippen LogP contribution in [0.4, 0.5) is 13.2 Å². The molecular formula is C10H10ClF3N2O. The second kappa shape index (κ2) is 5.27. The summed E-state index contributed by atoms with van der Waals surface area (Å²) in [7, 11) is 0. The standard InChI is InChI=1S/C10H10ClF3N2O/c11-8-5-6(1-2-7(8)9(15)16)17-4-3-10(12,13)14/h1-2,5H,3-4H2,(H3,15,16). The van der Waals surface area contributed by atoms with E-state index in [9.17, 15) is 13.2 Å². The normalized spacial score (nSPS) is 11.3. The molecule has 3 nitrogen and oxygen atoms in total. The number of halogens is 4. The molecule has 0 aromatic heterocycles. The van der Waals surface area contributed by atoms with Gasteiger partial charge in [-0.15, -0.1) is 0 Å². The van der Waals surface area contributed by atoms with Crippen LogP contribution < -0.4 is 10.5 Å². The van der Waals surface area contributed by atoms with E-state index in [1.165, 1.54) is 18.2 Å². The minimum Gasteiger partial charge on any atom is -0.493 e. The molecule has 0 bridgehead atoms. The van der Waals surface area contributed by atoms with Gasteiger partial charge in [0.15, 0.2) is 0 Å². The predicted molar refractivity (Wildman–Crippen MR) is 58.6 cm³/mol. The van der Waals surface area contributed by atoms with Crippen LogP contribution in [-0.2, 0) is 0 Å². The predicted octanol–water partition coefficient (Wildman–Crippen LogP) is 2.96. The van der Waals surface area contributed by atoms with Crippen molar-refractivity contribution in [3.05, 3.63) is 28.8 Å².